The van der Waals surface area contributed by atoms with Gasteiger partial charge in [0.1, 0.15) is 72.4 Å². The summed E-state index contributed by atoms with van der Waals surface area (Å²) >= 11 is 4.05. The zero-order valence-corrected chi connectivity index (χ0v) is 47.1. The summed E-state index contributed by atoms with van der Waals surface area (Å²) in [6.07, 6.45) is -4.14. The Hall–Kier alpha value is -8.58. The number of carbonyl (C=O) groups is 13. The molecule has 0 aliphatic heterocycles. The third-order valence-electron chi connectivity index (χ3n) is 12.1. The van der Waals surface area contributed by atoms with Crippen LogP contribution in [0.15, 0.2) is 48.5 Å². The Morgan fingerprint density at radius 2 is 0.807 bits per heavy atom. The van der Waals surface area contributed by atoms with Gasteiger partial charge in [-0.3, -0.25) is 62.3 Å². The van der Waals surface area contributed by atoms with Crippen molar-refractivity contribution >= 4 is 89.5 Å². The molecule has 0 radical (unpaired) electrons. The number of hydrogen-bond donors (Lipinski definition) is 18. The van der Waals surface area contributed by atoms with Gasteiger partial charge in [0, 0.05) is 31.4 Å². The van der Waals surface area contributed by atoms with Crippen molar-refractivity contribution < 1.29 is 87.9 Å². The number of nitrogens with two attached hydrogens (primary N) is 3. The van der Waals surface area contributed by atoms with Crippen molar-refractivity contribution in [2.24, 2.45) is 29.0 Å². The molecule has 20 N–H and O–H groups in total. The third-order valence-corrected chi connectivity index (χ3v) is 12.5. The molecular formula is C52H76N12O18S. The van der Waals surface area contributed by atoms with E-state index in [9.17, 15) is 82.8 Å². The molecule has 0 saturated carbocycles. The number of phenolic OH excluding ortho intramolecular Hbond substituents is 2. The molecule has 30 nitrogen and oxygen atoms in total. The molecule has 0 aliphatic carbocycles. The smallest absolute Gasteiger partial charge is 0.322 e. The molecule has 0 unspecified atom stereocenters. The van der Waals surface area contributed by atoms with Crippen LogP contribution >= 0.6 is 12.6 Å². The molecule has 0 heterocycles. The lowest BCUT2D eigenvalue weighted by molar-refractivity contribution is -0.139. The first-order valence-electron chi connectivity index (χ1n) is 26.2. The Bertz CT molecular complexity index is 2610. The molecule has 0 saturated heterocycles. The number of carboxylic acid groups (broad SMARTS) is 2. The molecule has 0 aliphatic rings. The monoisotopic (exact) mass is 1190 g/mol. The van der Waals surface area contributed by atoms with E-state index in [1.807, 2.05) is 0 Å². The molecule has 2 rings (SSSR count). The number of hydrogen-bond acceptors (Lipinski definition) is 18. The van der Waals surface area contributed by atoms with E-state index in [0.29, 0.717) is 11.1 Å². The minimum atomic E-state index is -1.94. The highest BCUT2D eigenvalue weighted by Gasteiger charge is 2.36. The average Bonchev–Trinajstić information content (AvgIpc) is 3.55. The van der Waals surface area contributed by atoms with Crippen LogP contribution in [0.2, 0.25) is 0 Å². The number of rotatable bonds is 37. The van der Waals surface area contributed by atoms with Crippen molar-refractivity contribution in [3.63, 3.8) is 0 Å². The maximum atomic E-state index is 14.3. The first kappa shape index (κ1) is 70.5. The van der Waals surface area contributed by atoms with Gasteiger partial charge in [0.05, 0.1) is 13.0 Å². The van der Waals surface area contributed by atoms with Crippen LogP contribution in [0.5, 0.6) is 11.5 Å². The van der Waals surface area contributed by atoms with E-state index in [4.69, 9.17) is 22.3 Å². The lowest BCUT2D eigenvalue weighted by atomic mass is 9.99. The molecular weight excluding hydrogens is 1110 g/mol. The summed E-state index contributed by atoms with van der Waals surface area (Å²) in [6.45, 7) is 5.22. The second kappa shape index (κ2) is 35.3. The number of phenols is 2. The molecule has 0 aromatic heterocycles. The molecule has 0 fully saturated rings. The Labute approximate surface area is 482 Å². The maximum Gasteiger partial charge on any atom is 0.322 e. The van der Waals surface area contributed by atoms with Crippen molar-refractivity contribution in [3.05, 3.63) is 59.7 Å². The zero-order valence-electron chi connectivity index (χ0n) is 46.2. The first-order chi connectivity index (χ1) is 38.9. The van der Waals surface area contributed by atoms with Crippen LogP contribution in [0.4, 0.5) is 0 Å². The van der Waals surface area contributed by atoms with Gasteiger partial charge in [-0.15, -0.1) is 0 Å². The van der Waals surface area contributed by atoms with E-state index in [1.165, 1.54) is 48.5 Å². The topological polar surface area (TPSA) is 509 Å². The number of aliphatic carboxylic acids is 2. The molecule has 2 aromatic rings. The Morgan fingerprint density at radius 1 is 0.458 bits per heavy atom. The first-order valence-corrected chi connectivity index (χ1v) is 26.8. The summed E-state index contributed by atoms with van der Waals surface area (Å²) in [5, 5.41) is 69.2. The number of primary amides is 2. The molecule has 2 aromatic carbocycles. The lowest BCUT2D eigenvalue weighted by Gasteiger charge is -2.28. The fourth-order valence-corrected chi connectivity index (χ4v) is 8.07. The second-order valence-electron chi connectivity index (χ2n) is 20.2. The highest BCUT2D eigenvalue weighted by molar-refractivity contribution is 7.80. The van der Waals surface area contributed by atoms with Crippen LogP contribution < -0.4 is 65.1 Å². The van der Waals surface area contributed by atoms with E-state index in [-0.39, 0.29) is 48.9 Å². The number of aliphatic hydroxyl groups is 1. The standard InChI is InChI=1S/C52H76N12O18S/c1-25(2)17-34(59-44(74)31(53)23-65)49(79)61-36(19-27-5-9-29(66)10-6-27)50(80)57-32(13-15-40(54)68)46(76)60-35(18-26(3)4)48(78)58-33(14-16-42(70)71)47(77)63-38(21-41(55)69)52(82)62-37(20-28-7-11-30(67)12-8-28)51(81)64-39(24-83)45(75)56-22-43(72)73/h5-12,25-26,31-39,65-67,83H,13-24,53H2,1-4H3,(H2,54,68)(H2,55,69)(H,56,75)(H,57,80)(H,58,78)(H,59,74)(H,60,76)(H,61,79)(H,62,82)(H,63,77)(H,64,81)(H,70,71)(H,72,73)/t31-,32-,33-,34-,35-,36-,37-,38-,39-/m0/s1. The lowest BCUT2D eigenvalue weighted by Crippen LogP contribution is -2.61. The second-order valence-corrected chi connectivity index (χ2v) is 20.5. The average molecular weight is 1190 g/mol. The number of carboxylic acids is 2. The van der Waals surface area contributed by atoms with Crippen molar-refractivity contribution in [2.45, 2.75) is 140 Å². The normalized spacial score (nSPS) is 14.3. The molecule has 9 atom stereocenters. The highest BCUT2D eigenvalue weighted by atomic mass is 32.1. The molecule has 0 spiro atoms. The van der Waals surface area contributed by atoms with E-state index in [0.717, 1.165) is 0 Å². The third kappa shape index (κ3) is 26.7. The minimum absolute atomic E-state index is 0.0412. The summed E-state index contributed by atoms with van der Waals surface area (Å²) in [5.41, 5.74) is 17.3. The Balaban J connectivity index is 2.54. The van der Waals surface area contributed by atoms with Crippen molar-refractivity contribution in [3.8, 4) is 11.5 Å². The van der Waals surface area contributed by atoms with Crippen LogP contribution in [-0.2, 0) is 75.2 Å². The number of amides is 11. The zero-order chi connectivity index (χ0) is 62.7. The number of aliphatic hydroxyl groups excluding tert-OH is 1. The van der Waals surface area contributed by atoms with Crippen molar-refractivity contribution in [1.82, 2.24) is 47.9 Å². The van der Waals surface area contributed by atoms with Gasteiger partial charge in [-0.2, -0.15) is 12.6 Å². The van der Waals surface area contributed by atoms with Crippen LogP contribution in [0.25, 0.3) is 0 Å². The number of aromatic hydroxyl groups is 2. The number of thiol groups is 1. The molecule has 458 valence electrons. The molecule has 11 amide bonds. The predicted octanol–water partition coefficient (Wildman–Crippen LogP) is -4.69. The number of benzene rings is 2. The molecule has 83 heavy (non-hydrogen) atoms. The van der Waals surface area contributed by atoms with Gasteiger partial charge in [-0.05, 0) is 72.9 Å². The minimum Gasteiger partial charge on any atom is -0.508 e. The number of nitrogens with one attached hydrogen (secondary N) is 9. The van der Waals surface area contributed by atoms with Crippen LogP contribution in [0, 0.1) is 11.8 Å². The SMILES string of the molecule is CC(C)C[C@H](NC(=O)[C@H](CCC(N)=O)NC(=O)[C@H](Cc1ccc(O)cc1)NC(=O)[C@H](CC(C)C)NC(=O)[C@@H](N)CO)C(=O)N[C@@H](CCC(=O)O)C(=O)N[C@@H](CC(N)=O)C(=O)N[C@@H](Cc1ccc(O)cc1)C(=O)N[C@@H](CS)C(=O)NCC(=O)O. The van der Waals surface area contributed by atoms with Gasteiger partial charge in [-0.1, -0.05) is 52.0 Å². The fourth-order valence-electron chi connectivity index (χ4n) is 7.81. The summed E-state index contributed by atoms with van der Waals surface area (Å²) in [5.74, 6) is -15.6. The van der Waals surface area contributed by atoms with Crippen molar-refractivity contribution in [1.29, 1.82) is 0 Å². The van der Waals surface area contributed by atoms with E-state index in [2.05, 4.69) is 60.5 Å². The van der Waals surface area contributed by atoms with E-state index in [1.54, 1.807) is 27.7 Å². The maximum absolute atomic E-state index is 14.3. The Morgan fingerprint density at radius 3 is 1.18 bits per heavy atom. The van der Waals surface area contributed by atoms with Gasteiger partial charge < -0.3 is 90.6 Å². The number of carbonyl (C=O) groups excluding carboxylic acids is 11. The summed E-state index contributed by atoms with van der Waals surface area (Å²) in [7, 11) is 0. The van der Waals surface area contributed by atoms with E-state index >= 15 is 0 Å². The van der Waals surface area contributed by atoms with Gasteiger partial charge in [-0.25, -0.2) is 0 Å². The Kier molecular flexibility index (Phi) is 30.0. The van der Waals surface area contributed by atoms with Crippen LogP contribution in [0.1, 0.15) is 83.8 Å². The van der Waals surface area contributed by atoms with Gasteiger partial charge in [0.15, 0.2) is 0 Å². The van der Waals surface area contributed by atoms with Gasteiger partial charge in [0.25, 0.3) is 0 Å². The van der Waals surface area contributed by atoms with Crippen LogP contribution in [-0.4, -0.2) is 176 Å². The largest absolute Gasteiger partial charge is 0.508 e. The fraction of sp³-hybridized carbons (Fsp3) is 0.519. The summed E-state index contributed by atoms with van der Waals surface area (Å²) in [6, 6.07) is -3.55. The highest BCUT2D eigenvalue weighted by Crippen LogP contribution is 2.16. The van der Waals surface area contributed by atoms with Crippen molar-refractivity contribution in [2.75, 3.05) is 18.9 Å². The molecule has 31 heteroatoms. The quantitative estimate of drug-likeness (QED) is 0.0283. The van der Waals surface area contributed by atoms with E-state index < -0.39 is 182 Å². The van der Waals surface area contributed by atoms with Gasteiger partial charge >= 0.3 is 11.9 Å². The van der Waals surface area contributed by atoms with Gasteiger partial charge in [0.2, 0.25) is 65.0 Å². The predicted molar refractivity (Wildman–Crippen MR) is 297 cm³/mol. The van der Waals surface area contributed by atoms with Crippen LogP contribution in [0.3, 0.4) is 0 Å². The summed E-state index contributed by atoms with van der Waals surface area (Å²) < 4.78 is 0. The molecule has 0 bridgehead atoms. The summed E-state index contributed by atoms with van der Waals surface area (Å²) in [4.78, 5) is 171.